The lowest BCUT2D eigenvalue weighted by Crippen LogP contribution is -2.42. The summed E-state index contributed by atoms with van der Waals surface area (Å²) in [6.07, 6.45) is 0.522. The Morgan fingerprint density at radius 1 is 1.50 bits per heavy atom. The van der Waals surface area contributed by atoms with Gasteiger partial charge >= 0.3 is 0 Å². The van der Waals surface area contributed by atoms with Crippen LogP contribution in [0.1, 0.15) is 25.3 Å². The highest BCUT2D eigenvalue weighted by molar-refractivity contribution is 9.09. The summed E-state index contributed by atoms with van der Waals surface area (Å²) in [5.74, 6) is -0.694. The zero-order chi connectivity index (χ0) is 14.9. The Hall–Kier alpha value is -0.910. The number of hydrogen-bond acceptors (Lipinski definition) is 3. The number of ketones is 1. The molecule has 0 aromatic heterocycles. The molecule has 4 nitrogen and oxygen atoms in total. The minimum Gasteiger partial charge on any atom is -0.375 e. The van der Waals surface area contributed by atoms with Crippen LogP contribution in [-0.4, -0.2) is 28.7 Å². The molecular weight excluding hydrogens is 346 g/mol. The van der Waals surface area contributed by atoms with Gasteiger partial charge in [-0.25, -0.2) is 0 Å². The van der Waals surface area contributed by atoms with E-state index in [0.717, 1.165) is 11.8 Å². The molecule has 1 N–H and O–H groups in total. The SMILES string of the molecule is CC(=O)CC1(O)C(=O)N(CCCBr)c2ccc(Cl)cc21. The molecule has 0 bridgehead atoms. The lowest BCUT2D eigenvalue weighted by Gasteiger charge is -2.22. The molecule has 1 heterocycles. The van der Waals surface area contributed by atoms with Crippen molar-refractivity contribution in [3.8, 4) is 0 Å². The number of carbonyl (C=O) groups excluding carboxylic acids is 2. The Balaban J connectivity index is 2.49. The molecule has 1 unspecified atom stereocenters. The predicted molar refractivity (Wildman–Crippen MR) is 81.4 cm³/mol. The number of benzene rings is 1. The number of Topliss-reactive ketones (excluding diaryl/α,β-unsaturated/α-hetero) is 1. The summed E-state index contributed by atoms with van der Waals surface area (Å²) < 4.78 is 0. The van der Waals surface area contributed by atoms with Gasteiger partial charge in [0.05, 0.1) is 5.69 Å². The van der Waals surface area contributed by atoms with Crippen LogP contribution < -0.4 is 4.90 Å². The first-order valence-electron chi connectivity index (χ1n) is 6.30. The quantitative estimate of drug-likeness (QED) is 0.821. The Kier molecular flexibility index (Phi) is 4.52. The maximum Gasteiger partial charge on any atom is 0.264 e. The lowest BCUT2D eigenvalue weighted by molar-refractivity contribution is -0.141. The van der Waals surface area contributed by atoms with Crippen molar-refractivity contribution in [3.05, 3.63) is 28.8 Å². The largest absolute Gasteiger partial charge is 0.375 e. The molecule has 108 valence electrons. The van der Waals surface area contributed by atoms with Gasteiger partial charge in [-0.3, -0.25) is 9.59 Å². The third-order valence-electron chi connectivity index (χ3n) is 3.31. The maximum atomic E-state index is 12.5. The molecule has 20 heavy (non-hydrogen) atoms. The molecule has 0 saturated carbocycles. The second-order valence-electron chi connectivity index (χ2n) is 4.90. The molecule has 0 radical (unpaired) electrons. The third kappa shape index (κ3) is 2.62. The van der Waals surface area contributed by atoms with Crippen molar-refractivity contribution in [3.63, 3.8) is 0 Å². The minimum atomic E-state index is -1.79. The number of carbonyl (C=O) groups is 2. The van der Waals surface area contributed by atoms with Gasteiger partial charge in [0, 0.05) is 28.9 Å². The fourth-order valence-electron chi connectivity index (χ4n) is 2.49. The number of rotatable bonds is 5. The van der Waals surface area contributed by atoms with Crippen LogP contribution in [-0.2, 0) is 15.2 Å². The number of alkyl halides is 1. The van der Waals surface area contributed by atoms with Gasteiger partial charge in [-0.05, 0) is 31.5 Å². The topological polar surface area (TPSA) is 57.6 Å². The zero-order valence-electron chi connectivity index (χ0n) is 11.0. The first-order chi connectivity index (χ1) is 9.40. The average Bonchev–Trinajstić information content (AvgIpc) is 2.57. The molecule has 0 spiro atoms. The summed E-state index contributed by atoms with van der Waals surface area (Å²) in [6, 6.07) is 4.95. The van der Waals surface area contributed by atoms with Gasteiger partial charge in [-0.1, -0.05) is 27.5 Å². The molecular formula is C14H15BrClNO3. The van der Waals surface area contributed by atoms with E-state index in [0.29, 0.717) is 22.8 Å². The van der Waals surface area contributed by atoms with Gasteiger partial charge in [0.25, 0.3) is 5.91 Å². The van der Waals surface area contributed by atoms with E-state index in [-0.39, 0.29) is 12.2 Å². The van der Waals surface area contributed by atoms with Crippen molar-refractivity contribution in [1.82, 2.24) is 0 Å². The normalized spacial score (nSPS) is 21.2. The Morgan fingerprint density at radius 2 is 2.20 bits per heavy atom. The van der Waals surface area contributed by atoms with Crippen molar-refractivity contribution in [1.29, 1.82) is 0 Å². The standard InChI is InChI=1S/C14H15BrClNO3/c1-9(18)8-14(20)11-7-10(16)3-4-12(11)17(13(14)19)6-2-5-15/h3-4,7,20H,2,5-6,8H2,1H3. The Labute approximate surface area is 130 Å². The van der Waals surface area contributed by atoms with E-state index in [1.54, 1.807) is 18.2 Å². The molecule has 0 saturated heterocycles. The molecule has 1 aromatic carbocycles. The highest BCUT2D eigenvalue weighted by Gasteiger charge is 2.50. The van der Waals surface area contributed by atoms with E-state index in [2.05, 4.69) is 15.9 Å². The number of aliphatic hydroxyl groups is 1. The molecule has 0 fully saturated rings. The van der Waals surface area contributed by atoms with E-state index in [9.17, 15) is 14.7 Å². The highest BCUT2D eigenvalue weighted by atomic mass is 79.9. The summed E-state index contributed by atoms with van der Waals surface area (Å²) >= 11 is 9.27. The maximum absolute atomic E-state index is 12.5. The van der Waals surface area contributed by atoms with Crippen LogP contribution in [0.25, 0.3) is 0 Å². The molecule has 1 amide bonds. The van der Waals surface area contributed by atoms with Crippen LogP contribution in [0.5, 0.6) is 0 Å². The number of anilines is 1. The number of amides is 1. The van der Waals surface area contributed by atoms with Crippen LogP contribution in [0.15, 0.2) is 18.2 Å². The number of halogens is 2. The van der Waals surface area contributed by atoms with Crippen molar-refractivity contribution in [2.45, 2.75) is 25.4 Å². The van der Waals surface area contributed by atoms with E-state index in [1.807, 2.05) is 0 Å². The second-order valence-corrected chi connectivity index (χ2v) is 6.13. The monoisotopic (exact) mass is 359 g/mol. The predicted octanol–water partition coefficient (Wildman–Crippen LogP) is 2.64. The van der Waals surface area contributed by atoms with Gasteiger partial charge < -0.3 is 10.0 Å². The van der Waals surface area contributed by atoms with Gasteiger partial charge in [0.2, 0.25) is 0 Å². The first-order valence-corrected chi connectivity index (χ1v) is 7.80. The van der Waals surface area contributed by atoms with Crippen LogP contribution in [0, 0.1) is 0 Å². The fraction of sp³-hybridized carbons (Fsp3) is 0.429. The van der Waals surface area contributed by atoms with Gasteiger partial charge in [-0.15, -0.1) is 0 Å². The van der Waals surface area contributed by atoms with Crippen LogP contribution in [0.3, 0.4) is 0 Å². The molecule has 2 rings (SSSR count). The molecule has 0 aliphatic carbocycles. The molecule has 6 heteroatoms. The lowest BCUT2D eigenvalue weighted by atomic mass is 9.90. The fourth-order valence-corrected chi connectivity index (χ4v) is 2.92. The van der Waals surface area contributed by atoms with E-state index < -0.39 is 11.5 Å². The average molecular weight is 361 g/mol. The summed E-state index contributed by atoms with van der Waals surface area (Å²) in [7, 11) is 0. The first kappa shape index (κ1) is 15.5. The highest BCUT2D eigenvalue weighted by Crippen LogP contribution is 2.43. The number of nitrogens with zero attached hydrogens (tertiary/aromatic N) is 1. The Bertz CT molecular complexity index is 563. The van der Waals surface area contributed by atoms with Gasteiger partial charge in [0.1, 0.15) is 5.78 Å². The second kappa shape index (κ2) is 5.84. The summed E-state index contributed by atoms with van der Waals surface area (Å²) in [6.45, 7) is 1.84. The smallest absolute Gasteiger partial charge is 0.264 e. The Morgan fingerprint density at radius 3 is 2.80 bits per heavy atom. The van der Waals surface area contributed by atoms with Gasteiger partial charge in [0.15, 0.2) is 5.60 Å². The molecule has 1 aliphatic rings. The van der Waals surface area contributed by atoms with Crippen molar-refractivity contribution < 1.29 is 14.7 Å². The van der Waals surface area contributed by atoms with E-state index >= 15 is 0 Å². The summed E-state index contributed by atoms with van der Waals surface area (Å²) in [4.78, 5) is 25.4. The van der Waals surface area contributed by atoms with E-state index in [4.69, 9.17) is 11.6 Å². The summed E-state index contributed by atoms with van der Waals surface area (Å²) in [5, 5.41) is 11.9. The van der Waals surface area contributed by atoms with Crippen molar-refractivity contribution >= 4 is 44.9 Å². The van der Waals surface area contributed by atoms with Crippen LogP contribution in [0.2, 0.25) is 5.02 Å². The minimum absolute atomic E-state index is 0.232. The van der Waals surface area contributed by atoms with E-state index in [1.165, 1.54) is 11.8 Å². The third-order valence-corrected chi connectivity index (χ3v) is 4.11. The van der Waals surface area contributed by atoms with Crippen molar-refractivity contribution in [2.24, 2.45) is 0 Å². The summed E-state index contributed by atoms with van der Waals surface area (Å²) in [5.41, 5.74) is -0.748. The molecule has 1 aromatic rings. The number of fused-ring (bicyclic) bond motifs is 1. The molecule has 1 aliphatic heterocycles. The zero-order valence-corrected chi connectivity index (χ0v) is 13.4. The van der Waals surface area contributed by atoms with Gasteiger partial charge in [-0.2, -0.15) is 0 Å². The van der Waals surface area contributed by atoms with Crippen molar-refractivity contribution in [2.75, 3.05) is 16.8 Å². The van der Waals surface area contributed by atoms with Crippen LogP contribution >= 0.6 is 27.5 Å². The number of hydrogen-bond donors (Lipinski definition) is 1. The van der Waals surface area contributed by atoms with Crippen LogP contribution in [0.4, 0.5) is 5.69 Å². The molecule has 1 atom stereocenters.